The maximum atomic E-state index is 12.0. The minimum Gasteiger partial charge on any atom is -0.336 e. The number of urea groups is 1. The molecule has 0 saturated carbocycles. The second-order valence-electron chi connectivity index (χ2n) is 5.40. The second-order valence-corrected chi connectivity index (χ2v) is 5.40. The summed E-state index contributed by atoms with van der Waals surface area (Å²) in [6.45, 7) is 7.50. The fraction of sp³-hybridized carbons (Fsp3) is 0.833. The first-order chi connectivity index (χ1) is 9.24. The predicted molar refractivity (Wildman–Crippen MR) is 69.8 cm³/mol. The second kappa shape index (κ2) is 5.44. The minimum absolute atomic E-state index is 0.0752. The fourth-order valence-electron chi connectivity index (χ4n) is 2.80. The molecule has 0 bridgehead atoms. The molecule has 0 aromatic carbocycles. The lowest BCUT2D eigenvalue weighted by Crippen LogP contribution is -2.62. The molecule has 0 aromatic rings. The zero-order valence-corrected chi connectivity index (χ0v) is 11.1. The molecule has 3 rings (SSSR count). The number of rotatable bonds is 3. The van der Waals surface area contributed by atoms with Gasteiger partial charge in [0.1, 0.15) is 0 Å². The Hall–Kier alpha value is -1.18. The summed E-state index contributed by atoms with van der Waals surface area (Å²) < 4.78 is 0. The number of hydrogen-bond acceptors (Lipinski definition) is 5. The summed E-state index contributed by atoms with van der Waals surface area (Å²) >= 11 is 0. The van der Waals surface area contributed by atoms with E-state index in [0.717, 1.165) is 39.3 Å². The van der Waals surface area contributed by atoms with Crippen molar-refractivity contribution in [3.05, 3.63) is 0 Å². The molecule has 2 N–H and O–H groups in total. The summed E-state index contributed by atoms with van der Waals surface area (Å²) in [6.07, 6.45) is 0. The van der Waals surface area contributed by atoms with Crippen LogP contribution in [0.25, 0.3) is 0 Å². The number of nitrogens with zero attached hydrogens (tertiary/aromatic N) is 3. The molecule has 106 valence electrons. The van der Waals surface area contributed by atoms with Crippen LogP contribution in [-0.4, -0.2) is 91.6 Å². The van der Waals surface area contributed by atoms with Crippen molar-refractivity contribution >= 4 is 11.9 Å². The van der Waals surface area contributed by atoms with Crippen molar-refractivity contribution in [2.45, 2.75) is 6.04 Å². The third-order valence-electron chi connectivity index (χ3n) is 4.20. The third kappa shape index (κ3) is 2.72. The Morgan fingerprint density at radius 1 is 1.16 bits per heavy atom. The molecule has 3 aliphatic heterocycles. The maximum Gasteiger partial charge on any atom is 0.324 e. The van der Waals surface area contributed by atoms with Crippen molar-refractivity contribution in [1.82, 2.24) is 25.3 Å². The molecule has 3 amide bonds. The van der Waals surface area contributed by atoms with Crippen molar-refractivity contribution in [3.63, 3.8) is 0 Å². The highest BCUT2D eigenvalue weighted by atomic mass is 16.2. The molecular weight excluding hydrogens is 246 g/mol. The highest BCUT2D eigenvalue weighted by Crippen LogP contribution is 2.10. The van der Waals surface area contributed by atoms with Gasteiger partial charge in [-0.05, 0) is 0 Å². The highest BCUT2D eigenvalue weighted by molar-refractivity contribution is 5.96. The first-order valence-corrected chi connectivity index (χ1v) is 6.99. The SMILES string of the molecule is O=C(CN1CCN(C2CNC2)CC1)N1CCNC1=O. The number of hydrogen-bond donors (Lipinski definition) is 2. The predicted octanol–water partition coefficient (Wildman–Crippen LogP) is -1.87. The van der Waals surface area contributed by atoms with Gasteiger partial charge in [0.05, 0.1) is 6.54 Å². The van der Waals surface area contributed by atoms with E-state index in [-0.39, 0.29) is 11.9 Å². The molecule has 3 saturated heterocycles. The van der Waals surface area contributed by atoms with Gasteiger partial charge in [-0.15, -0.1) is 0 Å². The van der Waals surface area contributed by atoms with Crippen LogP contribution >= 0.6 is 0 Å². The summed E-state index contributed by atoms with van der Waals surface area (Å²) in [5.74, 6) is -0.0752. The lowest BCUT2D eigenvalue weighted by Gasteiger charge is -2.43. The normalized spacial score (nSPS) is 26.3. The van der Waals surface area contributed by atoms with Crippen LogP contribution in [0.15, 0.2) is 0 Å². The molecule has 3 heterocycles. The van der Waals surface area contributed by atoms with E-state index in [4.69, 9.17) is 0 Å². The van der Waals surface area contributed by atoms with Gasteiger partial charge < -0.3 is 10.6 Å². The Labute approximate surface area is 112 Å². The van der Waals surface area contributed by atoms with Crippen LogP contribution in [0.5, 0.6) is 0 Å². The van der Waals surface area contributed by atoms with Gasteiger partial charge in [-0.3, -0.25) is 19.5 Å². The third-order valence-corrected chi connectivity index (χ3v) is 4.20. The first kappa shape index (κ1) is 12.8. The van der Waals surface area contributed by atoms with Crippen molar-refractivity contribution in [2.24, 2.45) is 0 Å². The molecule has 0 aromatic heterocycles. The maximum absolute atomic E-state index is 12.0. The van der Waals surface area contributed by atoms with Crippen molar-refractivity contribution in [2.75, 3.05) is 58.9 Å². The smallest absolute Gasteiger partial charge is 0.324 e. The Morgan fingerprint density at radius 2 is 1.89 bits per heavy atom. The lowest BCUT2D eigenvalue weighted by atomic mass is 10.1. The summed E-state index contributed by atoms with van der Waals surface area (Å²) in [6, 6.07) is 0.436. The van der Waals surface area contributed by atoms with Crippen molar-refractivity contribution in [3.8, 4) is 0 Å². The van der Waals surface area contributed by atoms with E-state index < -0.39 is 0 Å². The molecule has 0 unspecified atom stereocenters. The number of nitrogens with one attached hydrogen (secondary N) is 2. The Balaban J connectivity index is 1.44. The van der Waals surface area contributed by atoms with Gasteiger partial charge in [0, 0.05) is 58.4 Å². The molecule has 7 nitrogen and oxygen atoms in total. The number of carbonyl (C=O) groups is 2. The lowest BCUT2D eigenvalue weighted by molar-refractivity contribution is -0.129. The molecule has 0 atom stereocenters. The average molecular weight is 267 g/mol. The van der Waals surface area contributed by atoms with E-state index in [2.05, 4.69) is 20.4 Å². The van der Waals surface area contributed by atoms with Gasteiger partial charge in [0.25, 0.3) is 0 Å². The number of carbonyl (C=O) groups excluding carboxylic acids is 2. The Bertz CT molecular complexity index is 363. The molecular formula is C12H21N5O2. The average Bonchev–Trinajstić information content (AvgIpc) is 2.76. The van der Waals surface area contributed by atoms with E-state index in [1.807, 2.05) is 0 Å². The van der Waals surface area contributed by atoms with Gasteiger partial charge in [0.15, 0.2) is 0 Å². The minimum atomic E-state index is -0.246. The molecule has 0 radical (unpaired) electrons. The molecule has 19 heavy (non-hydrogen) atoms. The van der Waals surface area contributed by atoms with Crippen LogP contribution in [0, 0.1) is 0 Å². The van der Waals surface area contributed by atoms with Crippen LogP contribution in [0.3, 0.4) is 0 Å². The summed E-state index contributed by atoms with van der Waals surface area (Å²) in [5.41, 5.74) is 0. The fourth-order valence-corrected chi connectivity index (χ4v) is 2.80. The molecule has 3 aliphatic rings. The largest absolute Gasteiger partial charge is 0.336 e. The molecule has 0 aliphatic carbocycles. The summed E-state index contributed by atoms with van der Waals surface area (Å²) in [5, 5.41) is 5.94. The molecule has 7 heteroatoms. The number of piperazine rings is 1. The van der Waals surface area contributed by atoms with Crippen LogP contribution in [0.4, 0.5) is 4.79 Å². The van der Waals surface area contributed by atoms with E-state index in [9.17, 15) is 9.59 Å². The molecule has 0 spiro atoms. The number of amides is 3. The van der Waals surface area contributed by atoms with Gasteiger partial charge in [-0.2, -0.15) is 0 Å². The van der Waals surface area contributed by atoms with Crippen LogP contribution in [0.1, 0.15) is 0 Å². The monoisotopic (exact) mass is 267 g/mol. The first-order valence-electron chi connectivity index (χ1n) is 6.99. The van der Waals surface area contributed by atoms with E-state index in [1.165, 1.54) is 4.90 Å². The van der Waals surface area contributed by atoms with Crippen LogP contribution in [0.2, 0.25) is 0 Å². The summed E-state index contributed by atoms with van der Waals surface area (Å²) in [7, 11) is 0. The topological polar surface area (TPSA) is 67.9 Å². The van der Waals surface area contributed by atoms with E-state index >= 15 is 0 Å². The quantitative estimate of drug-likeness (QED) is 0.627. The zero-order chi connectivity index (χ0) is 13.2. The van der Waals surface area contributed by atoms with Gasteiger partial charge in [-0.25, -0.2) is 4.79 Å². The highest BCUT2D eigenvalue weighted by Gasteiger charge is 2.31. The van der Waals surface area contributed by atoms with Crippen molar-refractivity contribution in [1.29, 1.82) is 0 Å². The Morgan fingerprint density at radius 3 is 2.42 bits per heavy atom. The Kier molecular flexibility index (Phi) is 3.67. The molecule has 3 fully saturated rings. The van der Waals surface area contributed by atoms with E-state index in [0.29, 0.717) is 25.7 Å². The van der Waals surface area contributed by atoms with E-state index in [1.54, 1.807) is 0 Å². The summed E-state index contributed by atoms with van der Waals surface area (Å²) in [4.78, 5) is 29.4. The number of imide groups is 1. The van der Waals surface area contributed by atoms with Gasteiger partial charge >= 0.3 is 6.03 Å². The van der Waals surface area contributed by atoms with Crippen molar-refractivity contribution < 1.29 is 9.59 Å². The van der Waals surface area contributed by atoms with Gasteiger partial charge in [0.2, 0.25) is 5.91 Å². The van der Waals surface area contributed by atoms with Crippen LogP contribution < -0.4 is 10.6 Å². The standard InChI is InChI=1S/C12H21N5O2/c18-11(17-2-1-14-12(17)19)9-15-3-5-16(6-4-15)10-7-13-8-10/h10,13H,1-9H2,(H,14,19). The zero-order valence-electron chi connectivity index (χ0n) is 11.1. The van der Waals surface area contributed by atoms with Crippen LogP contribution in [-0.2, 0) is 4.79 Å². The van der Waals surface area contributed by atoms with Gasteiger partial charge in [-0.1, -0.05) is 0 Å².